The highest BCUT2D eigenvalue weighted by Crippen LogP contribution is 2.30. The number of hydrogen-bond donors (Lipinski definition) is 3. The van der Waals surface area contributed by atoms with Crippen LogP contribution in [0.15, 0.2) is 28.6 Å². The van der Waals surface area contributed by atoms with Crippen molar-refractivity contribution in [3.8, 4) is 0 Å². The minimum Gasteiger partial charge on any atom is -0.382 e. The Balaban J connectivity index is 1.54. The zero-order valence-electron chi connectivity index (χ0n) is 16.2. The number of sulfonamides is 1. The maximum Gasteiger partial charge on any atom is 0.266 e. The topological polar surface area (TPSA) is 83.1 Å². The van der Waals surface area contributed by atoms with Gasteiger partial charge in [0.2, 0.25) is 0 Å². The number of halogens is 2. The number of benzene rings is 1. The van der Waals surface area contributed by atoms with E-state index in [4.69, 9.17) is 11.6 Å². The Hall–Kier alpha value is -1.42. The van der Waals surface area contributed by atoms with Gasteiger partial charge in [-0.15, -0.1) is 11.3 Å². The summed E-state index contributed by atoms with van der Waals surface area (Å²) in [5.41, 5.74) is 0.366. The van der Waals surface area contributed by atoms with Crippen molar-refractivity contribution in [1.82, 2.24) is 10.3 Å². The summed E-state index contributed by atoms with van der Waals surface area (Å²) in [5, 5.41) is 8.44. The molecular weight excluding hydrogens is 435 g/mol. The van der Waals surface area contributed by atoms with E-state index in [9.17, 15) is 12.8 Å². The number of thiazole rings is 1. The summed E-state index contributed by atoms with van der Waals surface area (Å²) < 4.78 is 41.5. The van der Waals surface area contributed by atoms with E-state index in [1.165, 1.54) is 31.9 Å². The summed E-state index contributed by atoms with van der Waals surface area (Å²) in [7, 11) is -4.10. The quantitative estimate of drug-likeness (QED) is 0.477. The monoisotopic (exact) mass is 460 g/mol. The molecule has 0 radical (unpaired) electrons. The summed E-state index contributed by atoms with van der Waals surface area (Å²) in [6, 6.07) is 2.23. The molecule has 1 saturated carbocycles. The van der Waals surface area contributed by atoms with E-state index in [1.54, 1.807) is 5.38 Å². The summed E-state index contributed by atoms with van der Waals surface area (Å²) in [5.74, 6) is 0.588. The van der Waals surface area contributed by atoms with Crippen LogP contribution in [0.3, 0.4) is 0 Å². The van der Waals surface area contributed by atoms with Gasteiger partial charge in [-0.25, -0.2) is 17.8 Å². The highest BCUT2D eigenvalue weighted by atomic mass is 35.5. The van der Waals surface area contributed by atoms with Crippen molar-refractivity contribution >= 4 is 43.8 Å². The zero-order chi connectivity index (χ0) is 20.9. The molecule has 0 spiro atoms. The summed E-state index contributed by atoms with van der Waals surface area (Å²) in [6.07, 6.45) is 6.66. The van der Waals surface area contributed by atoms with Crippen LogP contribution in [0.5, 0.6) is 0 Å². The molecule has 10 heteroatoms. The van der Waals surface area contributed by atoms with Crippen molar-refractivity contribution in [3.05, 3.63) is 34.5 Å². The van der Waals surface area contributed by atoms with Crippen molar-refractivity contribution in [1.29, 1.82) is 0 Å². The molecule has 1 aromatic heterocycles. The van der Waals surface area contributed by atoms with Gasteiger partial charge in [0, 0.05) is 24.7 Å². The third-order valence-electron chi connectivity index (χ3n) is 5.28. The number of nitrogens with zero attached hydrogens (tertiary/aromatic N) is 1. The first-order chi connectivity index (χ1) is 13.9. The molecule has 0 amide bonds. The number of hydrogen-bond acceptors (Lipinski definition) is 6. The predicted molar refractivity (Wildman–Crippen MR) is 117 cm³/mol. The first-order valence-corrected chi connectivity index (χ1v) is 12.5. The molecule has 1 aliphatic rings. The number of nitrogens with one attached hydrogen (secondary N) is 3. The van der Waals surface area contributed by atoms with Gasteiger partial charge in [-0.2, -0.15) is 0 Å². The average molecular weight is 461 g/mol. The molecule has 0 bridgehead atoms. The Morgan fingerprint density at radius 1 is 1.28 bits per heavy atom. The summed E-state index contributed by atoms with van der Waals surface area (Å²) >= 11 is 7.30. The van der Waals surface area contributed by atoms with Gasteiger partial charge in [-0.3, -0.25) is 4.72 Å². The van der Waals surface area contributed by atoms with Crippen LogP contribution in [0.4, 0.5) is 15.2 Å². The van der Waals surface area contributed by atoms with E-state index in [-0.39, 0.29) is 10.2 Å². The Morgan fingerprint density at radius 3 is 2.79 bits per heavy atom. The van der Waals surface area contributed by atoms with Gasteiger partial charge in [0.05, 0.1) is 10.7 Å². The number of aromatic nitrogens is 1. The van der Waals surface area contributed by atoms with Gasteiger partial charge in [-0.1, -0.05) is 37.8 Å². The van der Waals surface area contributed by atoms with E-state index in [2.05, 4.69) is 27.3 Å². The minimum absolute atomic E-state index is 0.145. The first kappa shape index (κ1) is 22.3. The number of rotatable bonds is 9. The largest absolute Gasteiger partial charge is 0.382 e. The van der Waals surface area contributed by atoms with E-state index < -0.39 is 20.7 Å². The van der Waals surface area contributed by atoms with Crippen molar-refractivity contribution in [2.24, 2.45) is 11.8 Å². The lowest BCUT2D eigenvalue weighted by Gasteiger charge is -2.28. The second-order valence-electron chi connectivity index (χ2n) is 7.36. The molecule has 3 N–H and O–H groups in total. The molecule has 2 aromatic rings. The SMILES string of the molecule is CC1CCCCC1CNCCNc1cc(F)c(S(=O)(=O)Nc2nccs2)cc1Cl. The fourth-order valence-corrected chi connectivity index (χ4v) is 5.75. The highest BCUT2D eigenvalue weighted by Gasteiger charge is 2.23. The lowest BCUT2D eigenvalue weighted by atomic mass is 9.80. The maximum atomic E-state index is 14.5. The van der Waals surface area contributed by atoms with Gasteiger partial charge in [0.15, 0.2) is 5.13 Å². The maximum absolute atomic E-state index is 14.5. The lowest BCUT2D eigenvalue weighted by molar-refractivity contribution is 0.249. The van der Waals surface area contributed by atoms with Crippen LogP contribution in [-0.4, -0.2) is 33.0 Å². The van der Waals surface area contributed by atoms with E-state index in [0.29, 0.717) is 24.7 Å². The van der Waals surface area contributed by atoms with Crippen LogP contribution < -0.4 is 15.4 Å². The van der Waals surface area contributed by atoms with Crippen molar-refractivity contribution in [3.63, 3.8) is 0 Å². The molecule has 3 rings (SSSR count). The van der Waals surface area contributed by atoms with Crippen LogP contribution in [-0.2, 0) is 10.0 Å². The van der Waals surface area contributed by atoms with Gasteiger partial charge in [-0.05, 0) is 36.9 Å². The zero-order valence-corrected chi connectivity index (χ0v) is 18.6. The van der Waals surface area contributed by atoms with Crippen molar-refractivity contribution < 1.29 is 12.8 Å². The molecule has 0 saturated heterocycles. The molecule has 2 unspecified atom stereocenters. The molecular formula is C19H26ClFN4O2S2. The Bertz CT molecular complexity index is 909. The minimum atomic E-state index is -4.10. The second kappa shape index (κ2) is 10.1. The molecule has 1 heterocycles. The molecule has 160 valence electrons. The standard InChI is InChI=1S/C19H26ClFN4O2S2/c1-13-4-2-3-5-14(13)12-22-6-7-23-17-11-16(21)18(10-15(17)20)29(26,27)25-19-24-8-9-28-19/h8-11,13-14,22-23H,2-7,12H2,1H3,(H,24,25). The van der Waals surface area contributed by atoms with Gasteiger partial charge in [0.25, 0.3) is 10.0 Å². The van der Waals surface area contributed by atoms with Crippen molar-refractivity contribution in [2.45, 2.75) is 37.5 Å². The van der Waals surface area contributed by atoms with E-state index in [1.807, 2.05) is 0 Å². The Morgan fingerprint density at radius 2 is 2.07 bits per heavy atom. The Kier molecular flexibility index (Phi) is 7.72. The lowest BCUT2D eigenvalue weighted by Crippen LogP contribution is -2.32. The molecule has 6 nitrogen and oxygen atoms in total. The van der Waals surface area contributed by atoms with Crippen LogP contribution in [0.2, 0.25) is 5.02 Å². The van der Waals surface area contributed by atoms with Gasteiger partial charge >= 0.3 is 0 Å². The molecule has 0 aliphatic heterocycles. The fraction of sp³-hybridized carbons (Fsp3) is 0.526. The van der Waals surface area contributed by atoms with Crippen LogP contribution in [0.1, 0.15) is 32.6 Å². The first-order valence-electron chi connectivity index (χ1n) is 9.73. The third-order valence-corrected chi connectivity index (χ3v) is 7.76. The van der Waals surface area contributed by atoms with E-state index >= 15 is 0 Å². The average Bonchev–Trinajstić information content (AvgIpc) is 3.17. The van der Waals surface area contributed by atoms with Crippen molar-refractivity contribution in [2.75, 3.05) is 29.7 Å². The molecule has 1 fully saturated rings. The normalized spacial score (nSPS) is 19.8. The summed E-state index contributed by atoms with van der Waals surface area (Å²) in [4.78, 5) is 3.34. The third kappa shape index (κ3) is 6.04. The smallest absolute Gasteiger partial charge is 0.266 e. The highest BCUT2D eigenvalue weighted by molar-refractivity contribution is 7.93. The second-order valence-corrected chi connectivity index (χ2v) is 10.3. The van der Waals surface area contributed by atoms with E-state index in [0.717, 1.165) is 35.9 Å². The van der Waals surface area contributed by atoms with Gasteiger partial charge < -0.3 is 10.6 Å². The van der Waals surface area contributed by atoms with Crippen LogP contribution in [0, 0.1) is 17.7 Å². The fourth-order valence-electron chi connectivity index (χ4n) is 3.58. The molecule has 29 heavy (non-hydrogen) atoms. The molecule has 2 atom stereocenters. The van der Waals surface area contributed by atoms with Crippen LogP contribution >= 0.6 is 22.9 Å². The Labute approximate surface area is 180 Å². The summed E-state index contributed by atoms with van der Waals surface area (Å²) in [6.45, 7) is 4.56. The number of anilines is 2. The molecule has 1 aromatic carbocycles. The van der Waals surface area contributed by atoms with Crippen LogP contribution in [0.25, 0.3) is 0 Å². The molecule has 1 aliphatic carbocycles. The van der Waals surface area contributed by atoms with Gasteiger partial charge in [0.1, 0.15) is 10.7 Å². The predicted octanol–water partition coefficient (Wildman–Crippen LogP) is 4.56.